The molecule has 0 spiro atoms. The fourth-order valence-corrected chi connectivity index (χ4v) is 2.05. The Kier molecular flexibility index (Phi) is 4.34. The van der Waals surface area contributed by atoms with Crippen molar-refractivity contribution in [1.82, 2.24) is 0 Å². The lowest BCUT2D eigenvalue weighted by atomic mass is 9.84. The van der Waals surface area contributed by atoms with E-state index < -0.39 is 5.60 Å². The van der Waals surface area contributed by atoms with Gasteiger partial charge < -0.3 is 5.11 Å². The molecule has 0 aliphatic carbocycles. The van der Waals surface area contributed by atoms with Crippen LogP contribution >= 0.6 is 0 Å². The molecule has 0 radical (unpaired) electrons. The van der Waals surface area contributed by atoms with E-state index in [0.29, 0.717) is 5.92 Å². The van der Waals surface area contributed by atoms with Crippen molar-refractivity contribution in [3.8, 4) is 0 Å². The van der Waals surface area contributed by atoms with Crippen LogP contribution in [0.25, 0.3) is 0 Å². The molecule has 1 heteroatoms. The summed E-state index contributed by atoms with van der Waals surface area (Å²) in [6.07, 6.45) is 3.13. The second kappa shape index (κ2) is 5.32. The van der Waals surface area contributed by atoms with Crippen LogP contribution in [0.1, 0.15) is 45.6 Å². The first-order chi connectivity index (χ1) is 7.10. The Hall–Kier alpha value is -0.820. The van der Waals surface area contributed by atoms with E-state index in [1.54, 1.807) is 0 Å². The Balaban J connectivity index is 2.74. The molecule has 1 aromatic carbocycles. The largest absolute Gasteiger partial charge is 0.385 e. The van der Waals surface area contributed by atoms with Crippen LogP contribution in [-0.2, 0) is 5.60 Å². The average molecular weight is 206 g/mol. The summed E-state index contributed by atoms with van der Waals surface area (Å²) < 4.78 is 0. The van der Waals surface area contributed by atoms with Crippen molar-refractivity contribution in [3.05, 3.63) is 35.9 Å². The van der Waals surface area contributed by atoms with E-state index in [4.69, 9.17) is 0 Å². The van der Waals surface area contributed by atoms with Crippen LogP contribution < -0.4 is 0 Å². The van der Waals surface area contributed by atoms with Gasteiger partial charge in [-0.15, -0.1) is 0 Å². The van der Waals surface area contributed by atoms with Crippen LogP contribution in [0.2, 0.25) is 0 Å². The van der Waals surface area contributed by atoms with Crippen LogP contribution in [0.15, 0.2) is 30.3 Å². The second-order valence-electron chi connectivity index (χ2n) is 4.53. The standard InChI is InChI=1S/C14H22O/c1-4-12(5-2)11-14(3,15)13-9-7-6-8-10-13/h6-10,12,15H,4-5,11H2,1-3H3. The van der Waals surface area contributed by atoms with E-state index in [1.165, 1.54) is 0 Å². The smallest absolute Gasteiger partial charge is 0.0871 e. The molecule has 1 unspecified atom stereocenters. The van der Waals surface area contributed by atoms with Crippen LogP contribution in [0.4, 0.5) is 0 Å². The van der Waals surface area contributed by atoms with Gasteiger partial charge in [0.15, 0.2) is 0 Å². The average Bonchev–Trinajstić information content (AvgIpc) is 2.27. The Bertz CT molecular complexity index is 273. The zero-order chi connectivity index (χ0) is 11.3. The van der Waals surface area contributed by atoms with Crippen LogP contribution in [0.5, 0.6) is 0 Å². The summed E-state index contributed by atoms with van der Waals surface area (Å²) in [6.45, 7) is 6.30. The highest BCUT2D eigenvalue weighted by Crippen LogP contribution is 2.30. The van der Waals surface area contributed by atoms with Gasteiger partial charge in [-0.3, -0.25) is 0 Å². The summed E-state index contributed by atoms with van der Waals surface area (Å²) in [5.41, 5.74) is 0.342. The molecule has 0 saturated carbocycles. The Labute approximate surface area is 93.1 Å². The van der Waals surface area contributed by atoms with E-state index in [9.17, 15) is 5.11 Å². The highest BCUT2D eigenvalue weighted by Gasteiger charge is 2.25. The molecule has 0 aliphatic rings. The first-order valence-electron chi connectivity index (χ1n) is 5.88. The molecule has 0 aromatic heterocycles. The topological polar surface area (TPSA) is 20.2 Å². The summed E-state index contributed by atoms with van der Waals surface area (Å²) in [7, 11) is 0. The van der Waals surface area contributed by atoms with E-state index >= 15 is 0 Å². The van der Waals surface area contributed by atoms with Gasteiger partial charge in [-0.25, -0.2) is 0 Å². The zero-order valence-electron chi connectivity index (χ0n) is 10.0. The second-order valence-corrected chi connectivity index (χ2v) is 4.53. The van der Waals surface area contributed by atoms with Crippen LogP contribution in [0.3, 0.4) is 0 Å². The number of aliphatic hydroxyl groups is 1. The lowest BCUT2D eigenvalue weighted by molar-refractivity contribution is 0.0286. The van der Waals surface area contributed by atoms with E-state index in [1.807, 2.05) is 37.3 Å². The van der Waals surface area contributed by atoms with E-state index in [0.717, 1.165) is 24.8 Å². The molecule has 0 fully saturated rings. The molecule has 1 rings (SSSR count). The van der Waals surface area contributed by atoms with Crippen molar-refractivity contribution in [3.63, 3.8) is 0 Å². The molecule has 0 bridgehead atoms. The molecule has 1 N–H and O–H groups in total. The van der Waals surface area contributed by atoms with Gasteiger partial charge in [0.05, 0.1) is 5.60 Å². The van der Waals surface area contributed by atoms with Gasteiger partial charge in [-0.1, -0.05) is 57.0 Å². The normalized spacial score (nSPS) is 15.3. The maximum atomic E-state index is 10.4. The maximum Gasteiger partial charge on any atom is 0.0871 e. The lowest BCUT2D eigenvalue weighted by Gasteiger charge is -2.28. The molecule has 0 amide bonds. The number of rotatable bonds is 5. The summed E-state index contributed by atoms with van der Waals surface area (Å²) in [5.74, 6) is 0.611. The predicted octanol–water partition coefficient (Wildman–Crippen LogP) is 3.72. The van der Waals surface area contributed by atoms with Gasteiger partial charge in [0.2, 0.25) is 0 Å². The Morgan fingerprint density at radius 3 is 2.13 bits per heavy atom. The van der Waals surface area contributed by atoms with Gasteiger partial charge in [0.1, 0.15) is 0 Å². The maximum absolute atomic E-state index is 10.4. The minimum absolute atomic E-state index is 0.611. The van der Waals surface area contributed by atoms with Gasteiger partial charge >= 0.3 is 0 Å². The van der Waals surface area contributed by atoms with Crippen molar-refractivity contribution in [2.24, 2.45) is 5.92 Å². The van der Waals surface area contributed by atoms with Crippen molar-refractivity contribution in [1.29, 1.82) is 0 Å². The number of hydrogen-bond acceptors (Lipinski definition) is 1. The molecular weight excluding hydrogens is 184 g/mol. The lowest BCUT2D eigenvalue weighted by Crippen LogP contribution is -2.24. The zero-order valence-corrected chi connectivity index (χ0v) is 10.0. The van der Waals surface area contributed by atoms with E-state index in [2.05, 4.69) is 13.8 Å². The van der Waals surface area contributed by atoms with Crippen molar-refractivity contribution in [2.75, 3.05) is 0 Å². The molecule has 1 aromatic rings. The fraction of sp³-hybridized carbons (Fsp3) is 0.571. The monoisotopic (exact) mass is 206 g/mol. The van der Waals surface area contributed by atoms with Crippen molar-refractivity contribution >= 4 is 0 Å². The molecule has 1 atom stereocenters. The Morgan fingerprint density at radius 2 is 1.67 bits per heavy atom. The van der Waals surface area contributed by atoms with Crippen molar-refractivity contribution in [2.45, 2.75) is 45.6 Å². The molecule has 0 aliphatic heterocycles. The molecular formula is C14H22O. The van der Waals surface area contributed by atoms with E-state index in [-0.39, 0.29) is 0 Å². The number of hydrogen-bond donors (Lipinski definition) is 1. The first kappa shape index (κ1) is 12.3. The van der Waals surface area contributed by atoms with Crippen LogP contribution in [-0.4, -0.2) is 5.11 Å². The highest BCUT2D eigenvalue weighted by molar-refractivity contribution is 5.21. The predicted molar refractivity (Wildman–Crippen MR) is 64.7 cm³/mol. The van der Waals surface area contributed by atoms with Gasteiger partial charge in [-0.2, -0.15) is 0 Å². The third kappa shape index (κ3) is 3.35. The summed E-state index contributed by atoms with van der Waals surface area (Å²) in [4.78, 5) is 0. The van der Waals surface area contributed by atoms with Crippen LogP contribution in [0, 0.1) is 5.92 Å². The third-order valence-corrected chi connectivity index (χ3v) is 3.24. The molecule has 1 nitrogen and oxygen atoms in total. The molecule has 0 heterocycles. The van der Waals surface area contributed by atoms with Gasteiger partial charge in [-0.05, 0) is 24.8 Å². The Morgan fingerprint density at radius 1 is 1.13 bits per heavy atom. The first-order valence-corrected chi connectivity index (χ1v) is 5.88. The highest BCUT2D eigenvalue weighted by atomic mass is 16.3. The van der Waals surface area contributed by atoms with Gasteiger partial charge in [0, 0.05) is 0 Å². The third-order valence-electron chi connectivity index (χ3n) is 3.24. The summed E-state index contributed by atoms with van der Waals surface area (Å²) in [5, 5.41) is 10.4. The summed E-state index contributed by atoms with van der Waals surface area (Å²) in [6, 6.07) is 9.95. The minimum Gasteiger partial charge on any atom is -0.385 e. The van der Waals surface area contributed by atoms with Gasteiger partial charge in [0.25, 0.3) is 0 Å². The molecule has 84 valence electrons. The summed E-state index contributed by atoms with van der Waals surface area (Å²) >= 11 is 0. The SMILES string of the molecule is CCC(CC)CC(C)(O)c1ccccc1. The van der Waals surface area contributed by atoms with Crippen molar-refractivity contribution < 1.29 is 5.11 Å². The minimum atomic E-state index is -0.683. The fourth-order valence-electron chi connectivity index (χ4n) is 2.05. The number of benzene rings is 1. The molecule has 0 saturated heterocycles. The molecule has 15 heavy (non-hydrogen) atoms. The quantitative estimate of drug-likeness (QED) is 0.778.